The molecule has 1 aromatic carbocycles. The second-order valence-corrected chi connectivity index (χ2v) is 5.87. The highest BCUT2D eigenvalue weighted by molar-refractivity contribution is 5.96. The lowest BCUT2D eigenvalue weighted by Crippen LogP contribution is -2.37. The standard InChI is InChI=1S/C17H26N2O2/c1-12(2)6-5-9-18-16(20)11-19-17(21)15-8-7-13(3)14(4)10-15/h7-8,10,12H,5-6,9,11H2,1-4H3,(H,18,20)(H,19,21). The second kappa shape index (κ2) is 8.45. The van der Waals surface area contributed by atoms with Crippen LogP contribution in [0, 0.1) is 19.8 Å². The van der Waals surface area contributed by atoms with E-state index in [0.29, 0.717) is 18.0 Å². The topological polar surface area (TPSA) is 58.2 Å². The minimum absolute atomic E-state index is 0.0213. The molecule has 21 heavy (non-hydrogen) atoms. The van der Waals surface area contributed by atoms with E-state index in [1.54, 1.807) is 6.07 Å². The number of amides is 2. The number of benzene rings is 1. The van der Waals surface area contributed by atoms with Gasteiger partial charge < -0.3 is 10.6 Å². The summed E-state index contributed by atoms with van der Waals surface area (Å²) >= 11 is 0. The van der Waals surface area contributed by atoms with Crippen LogP contribution in [0.3, 0.4) is 0 Å². The number of rotatable bonds is 7. The number of nitrogens with one attached hydrogen (secondary N) is 2. The molecule has 4 nitrogen and oxygen atoms in total. The van der Waals surface area contributed by atoms with Crippen molar-refractivity contribution in [3.05, 3.63) is 34.9 Å². The van der Waals surface area contributed by atoms with Gasteiger partial charge in [0.25, 0.3) is 5.91 Å². The maximum atomic E-state index is 11.9. The molecule has 116 valence electrons. The van der Waals surface area contributed by atoms with Gasteiger partial charge in [-0.3, -0.25) is 9.59 Å². The minimum atomic E-state index is -0.213. The van der Waals surface area contributed by atoms with Crippen LogP contribution in [0.5, 0.6) is 0 Å². The first-order chi connectivity index (χ1) is 9.90. The summed E-state index contributed by atoms with van der Waals surface area (Å²) in [4.78, 5) is 23.6. The number of aryl methyl sites for hydroxylation is 2. The van der Waals surface area contributed by atoms with Crippen molar-refractivity contribution in [1.29, 1.82) is 0 Å². The van der Waals surface area contributed by atoms with E-state index in [4.69, 9.17) is 0 Å². The highest BCUT2D eigenvalue weighted by Gasteiger charge is 2.08. The van der Waals surface area contributed by atoms with Crippen LogP contribution in [-0.4, -0.2) is 24.9 Å². The summed E-state index contributed by atoms with van der Waals surface area (Å²) in [5.74, 6) is 0.290. The average Bonchev–Trinajstić information content (AvgIpc) is 2.43. The monoisotopic (exact) mass is 290 g/mol. The van der Waals surface area contributed by atoms with E-state index in [0.717, 1.165) is 24.0 Å². The third-order valence-electron chi connectivity index (χ3n) is 3.46. The summed E-state index contributed by atoms with van der Waals surface area (Å²) in [5, 5.41) is 5.46. The largest absolute Gasteiger partial charge is 0.355 e. The van der Waals surface area contributed by atoms with Crippen LogP contribution in [-0.2, 0) is 4.79 Å². The Balaban J connectivity index is 2.32. The van der Waals surface area contributed by atoms with Crippen LogP contribution in [0.25, 0.3) is 0 Å². The van der Waals surface area contributed by atoms with Gasteiger partial charge in [-0.15, -0.1) is 0 Å². The van der Waals surface area contributed by atoms with Gasteiger partial charge in [0.2, 0.25) is 5.91 Å². The number of hydrogen-bond donors (Lipinski definition) is 2. The summed E-state index contributed by atoms with van der Waals surface area (Å²) < 4.78 is 0. The zero-order valence-electron chi connectivity index (χ0n) is 13.5. The molecule has 0 fully saturated rings. The van der Waals surface area contributed by atoms with Crippen LogP contribution in [0.15, 0.2) is 18.2 Å². The molecule has 0 aromatic heterocycles. The fraction of sp³-hybridized carbons (Fsp3) is 0.529. The molecule has 0 aliphatic carbocycles. The summed E-state index contributed by atoms with van der Waals surface area (Å²) in [6.45, 7) is 8.97. The van der Waals surface area contributed by atoms with E-state index >= 15 is 0 Å². The zero-order valence-corrected chi connectivity index (χ0v) is 13.5. The van der Waals surface area contributed by atoms with Gasteiger partial charge in [-0.05, 0) is 55.9 Å². The summed E-state index contributed by atoms with van der Waals surface area (Å²) in [5.41, 5.74) is 2.81. The van der Waals surface area contributed by atoms with Crippen LogP contribution < -0.4 is 10.6 Å². The number of hydrogen-bond acceptors (Lipinski definition) is 2. The Hall–Kier alpha value is -1.84. The lowest BCUT2D eigenvalue weighted by molar-refractivity contribution is -0.120. The van der Waals surface area contributed by atoms with E-state index in [2.05, 4.69) is 24.5 Å². The highest BCUT2D eigenvalue weighted by Crippen LogP contribution is 2.09. The molecule has 0 aliphatic heterocycles. The maximum Gasteiger partial charge on any atom is 0.251 e. The molecule has 0 saturated heterocycles. The predicted octanol–water partition coefficient (Wildman–Crippen LogP) is 2.59. The lowest BCUT2D eigenvalue weighted by atomic mass is 10.1. The van der Waals surface area contributed by atoms with Gasteiger partial charge in [0, 0.05) is 12.1 Å². The van der Waals surface area contributed by atoms with Gasteiger partial charge in [-0.1, -0.05) is 19.9 Å². The van der Waals surface area contributed by atoms with Crippen molar-refractivity contribution in [2.75, 3.05) is 13.1 Å². The molecule has 0 atom stereocenters. The molecule has 2 amide bonds. The maximum absolute atomic E-state index is 11.9. The molecule has 0 radical (unpaired) electrons. The Morgan fingerprint density at radius 2 is 1.81 bits per heavy atom. The summed E-state index contributed by atoms with van der Waals surface area (Å²) in [6, 6.07) is 5.53. The number of carbonyl (C=O) groups excluding carboxylic acids is 2. The van der Waals surface area contributed by atoms with Gasteiger partial charge in [-0.25, -0.2) is 0 Å². The SMILES string of the molecule is Cc1ccc(C(=O)NCC(=O)NCCCC(C)C)cc1C. The van der Waals surface area contributed by atoms with Crippen LogP contribution in [0.2, 0.25) is 0 Å². The Morgan fingerprint density at radius 3 is 2.43 bits per heavy atom. The molecule has 1 aromatic rings. The lowest BCUT2D eigenvalue weighted by Gasteiger charge is -2.09. The third-order valence-corrected chi connectivity index (χ3v) is 3.46. The third kappa shape index (κ3) is 6.43. The van der Waals surface area contributed by atoms with Crippen molar-refractivity contribution in [3.63, 3.8) is 0 Å². The molecule has 0 aliphatic rings. The van der Waals surface area contributed by atoms with E-state index in [9.17, 15) is 9.59 Å². The smallest absolute Gasteiger partial charge is 0.251 e. The van der Waals surface area contributed by atoms with Crippen molar-refractivity contribution in [3.8, 4) is 0 Å². The van der Waals surface area contributed by atoms with Crippen molar-refractivity contribution < 1.29 is 9.59 Å². The first-order valence-corrected chi connectivity index (χ1v) is 7.52. The molecular formula is C17H26N2O2. The van der Waals surface area contributed by atoms with Gasteiger partial charge in [0.05, 0.1) is 6.54 Å². The van der Waals surface area contributed by atoms with Crippen molar-refractivity contribution in [2.24, 2.45) is 5.92 Å². The van der Waals surface area contributed by atoms with Crippen molar-refractivity contribution in [2.45, 2.75) is 40.5 Å². The molecule has 0 spiro atoms. The van der Waals surface area contributed by atoms with Gasteiger partial charge in [-0.2, -0.15) is 0 Å². The van der Waals surface area contributed by atoms with Gasteiger partial charge in [0.15, 0.2) is 0 Å². The van der Waals surface area contributed by atoms with Gasteiger partial charge in [0.1, 0.15) is 0 Å². The fourth-order valence-corrected chi connectivity index (χ4v) is 1.95. The second-order valence-electron chi connectivity index (χ2n) is 5.87. The Bertz CT molecular complexity index is 496. The Morgan fingerprint density at radius 1 is 1.10 bits per heavy atom. The van der Waals surface area contributed by atoms with E-state index in [-0.39, 0.29) is 18.4 Å². The number of carbonyl (C=O) groups is 2. The first kappa shape index (κ1) is 17.2. The van der Waals surface area contributed by atoms with E-state index in [1.807, 2.05) is 26.0 Å². The highest BCUT2D eigenvalue weighted by atomic mass is 16.2. The van der Waals surface area contributed by atoms with Gasteiger partial charge >= 0.3 is 0 Å². The minimum Gasteiger partial charge on any atom is -0.355 e. The van der Waals surface area contributed by atoms with Crippen molar-refractivity contribution >= 4 is 11.8 Å². The molecular weight excluding hydrogens is 264 g/mol. The molecule has 4 heteroatoms. The molecule has 1 rings (SSSR count). The normalized spacial score (nSPS) is 10.5. The molecule has 0 saturated carbocycles. The van der Waals surface area contributed by atoms with E-state index in [1.165, 1.54) is 0 Å². The summed E-state index contributed by atoms with van der Waals surface area (Å²) in [6.07, 6.45) is 2.06. The van der Waals surface area contributed by atoms with Crippen LogP contribution >= 0.6 is 0 Å². The molecule has 0 bridgehead atoms. The molecule has 2 N–H and O–H groups in total. The fourth-order valence-electron chi connectivity index (χ4n) is 1.95. The first-order valence-electron chi connectivity index (χ1n) is 7.52. The Kier molecular flexibility index (Phi) is 6.92. The quantitative estimate of drug-likeness (QED) is 0.758. The molecule has 0 unspecified atom stereocenters. The van der Waals surface area contributed by atoms with Crippen LogP contribution in [0.4, 0.5) is 0 Å². The zero-order chi connectivity index (χ0) is 15.8. The van der Waals surface area contributed by atoms with Crippen LogP contribution in [0.1, 0.15) is 48.2 Å². The average molecular weight is 290 g/mol. The Labute approximate surface area is 127 Å². The molecule has 0 heterocycles. The van der Waals surface area contributed by atoms with E-state index < -0.39 is 0 Å². The van der Waals surface area contributed by atoms with Crippen molar-refractivity contribution in [1.82, 2.24) is 10.6 Å². The summed E-state index contributed by atoms with van der Waals surface area (Å²) in [7, 11) is 0. The predicted molar refractivity (Wildman–Crippen MR) is 85.3 cm³/mol.